The summed E-state index contributed by atoms with van der Waals surface area (Å²) in [5, 5.41) is -0.000985. The highest BCUT2D eigenvalue weighted by molar-refractivity contribution is 7.92. The van der Waals surface area contributed by atoms with E-state index in [1.807, 2.05) is 6.92 Å². The highest BCUT2D eigenvalue weighted by atomic mass is 35.5. The van der Waals surface area contributed by atoms with Crippen LogP contribution in [0.15, 0.2) is 50.5 Å². The largest absolute Gasteiger partial charge is 0.494 e. The average Bonchev–Trinajstić information content (AvgIpc) is 2.90. The lowest BCUT2D eigenvalue weighted by Crippen LogP contribution is -2.14. The summed E-state index contributed by atoms with van der Waals surface area (Å²) < 4.78 is 39.6. The summed E-state index contributed by atoms with van der Waals surface area (Å²) in [7, 11) is -3.96. The molecule has 1 heterocycles. The van der Waals surface area contributed by atoms with E-state index in [4.69, 9.17) is 20.8 Å². The molecule has 2 aromatic carbocycles. The van der Waals surface area contributed by atoms with Gasteiger partial charge >= 0.3 is 5.76 Å². The Morgan fingerprint density at radius 1 is 1.19 bits per heavy atom. The van der Waals surface area contributed by atoms with Crippen molar-refractivity contribution in [3.63, 3.8) is 0 Å². The fourth-order valence-electron chi connectivity index (χ4n) is 2.57. The Bertz CT molecular complexity index is 1100. The van der Waals surface area contributed by atoms with E-state index in [0.29, 0.717) is 30.1 Å². The van der Waals surface area contributed by atoms with Gasteiger partial charge in [0.05, 0.1) is 17.1 Å². The van der Waals surface area contributed by atoms with Crippen LogP contribution in [0.4, 0.5) is 5.69 Å². The Kier molecular flexibility index (Phi) is 4.97. The molecule has 9 heteroatoms. The summed E-state index contributed by atoms with van der Waals surface area (Å²) in [6, 6.07) is 9.16. The van der Waals surface area contributed by atoms with Gasteiger partial charge < -0.3 is 9.15 Å². The Hall–Kier alpha value is -2.45. The van der Waals surface area contributed by atoms with Crippen LogP contribution in [-0.2, 0) is 16.6 Å². The van der Waals surface area contributed by atoms with Crippen molar-refractivity contribution in [3.8, 4) is 5.75 Å². The minimum absolute atomic E-state index is 0.000985. The predicted octanol–water partition coefficient (Wildman–Crippen LogP) is 3.47. The van der Waals surface area contributed by atoms with Gasteiger partial charge in [0.25, 0.3) is 10.0 Å². The lowest BCUT2D eigenvalue weighted by Gasteiger charge is -2.10. The zero-order chi connectivity index (χ0) is 18.9. The minimum atomic E-state index is -3.96. The number of anilines is 1. The molecular weight excluding hydrogens is 380 g/mol. The highest BCUT2D eigenvalue weighted by Crippen LogP contribution is 2.29. The Morgan fingerprint density at radius 2 is 1.88 bits per heavy atom. The lowest BCUT2D eigenvalue weighted by atomic mass is 10.3. The van der Waals surface area contributed by atoms with Crippen LogP contribution in [0.3, 0.4) is 0 Å². The van der Waals surface area contributed by atoms with Crippen LogP contribution in [0, 0.1) is 0 Å². The maximum atomic E-state index is 12.7. The molecule has 0 saturated carbocycles. The molecule has 0 aliphatic carbocycles. The van der Waals surface area contributed by atoms with Crippen molar-refractivity contribution >= 4 is 38.4 Å². The number of fused-ring (bicyclic) bond motifs is 1. The van der Waals surface area contributed by atoms with Gasteiger partial charge in [-0.25, -0.2) is 13.2 Å². The van der Waals surface area contributed by atoms with Crippen LogP contribution in [0.1, 0.15) is 13.8 Å². The third-order valence-corrected chi connectivity index (χ3v) is 5.59. The Labute approximate surface area is 155 Å². The fraction of sp³-hybridized carbons (Fsp3) is 0.235. The topological polar surface area (TPSA) is 90.5 Å². The molecule has 0 amide bonds. The normalized spacial score (nSPS) is 11.7. The van der Waals surface area contributed by atoms with Crippen molar-refractivity contribution in [1.29, 1.82) is 0 Å². The zero-order valence-electron chi connectivity index (χ0n) is 14.2. The van der Waals surface area contributed by atoms with E-state index in [-0.39, 0.29) is 15.5 Å². The first-order valence-electron chi connectivity index (χ1n) is 7.94. The highest BCUT2D eigenvalue weighted by Gasteiger charge is 2.21. The van der Waals surface area contributed by atoms with Crippen molar-refractivity contribution in [2.45, 2.75) is 25.3 Å². The summed E-state index contributed by atoms with van der Waals surface area (Å²) in [6.45, 7) is 4.54. The van der Waals surface area contributed by atoms with Gasteiger partial charge in [0.2, 0.25) is 0 Å². The quantitative estimate of drug-likeness (QED) is 0.688. The maximum absolute atomic E-state index is 12.7. The lowest BCUT2D eigenvalue weighted by molar-refractivity contribution is 0.340. The molecule has 0 aliphatic rings. The number of sulfonamides is 1. The minimum Gasteiger partial charge on any atom is -0.494 e. The van der Waals surface area contributed by atoms with Crippen LogP contribution in [-0.4, -0.2) is 19.6 Å². The van der Waals surface area contributed by atoms with Gasteiger partial charge in [-0.05, 0) is 44.2 Å². The number of hydrogen-bond donors (Lipinski definition) is 1. The number of hydrogen-bond acceptors (Lipinski definition) is 5. The molecule has 0 fully saturated rings. The molecule has 0 saturated heterocycles. The molecule has 7 nitrogen and oxygen atoms in total. The number of aromatic nitrogens is 1. The van der Waals surface area contributed by atoms with Gasteiger partial charge in [0.1, 0.15) is 10.6 Å². The first-order chi connectivity index (χ1) is 12.4. The summed E-state index contributed by atoms with van der Waals surface area (Å²) in [5.74, 6) is 0.0742. The van der Waals surface area contributed by atoms with Crippen molar-refractivity contribution in [1.82, 2.24) is 4.57 Å². The van der Waals surface area contributed by atoms with E-state index < -0.39 is 15.8 Å². The second-order valence-corrected chi connectivity index (χ2v) is 7.48. The molecule has 3 rings (SSSR count). The number of nitrogens with zero attached hydrogens (tertiary/aromatic N) is 1. The first kappa shape index (κ1) is 18.3. The van der Waals surface area contributed by atoms with Crippen LogP contribution < -0.4 is 15.2 Å². The number of oxazole rings is 1. The maximum Gasteiger partial charge on any atom is 0.419 e. The van der Waals surface area contributed by atoms with E-state index in [1.54, 1.807) is 31.2 Å². The number of benzene rings is 2. The molecule has 0 aliphatic heterocycles. The van der Waals surface area contributed by atoms with Crippen molar-refractivity contribution in [3.05, 3.63) is 52.0 Å². The number of ether oxygens (including phenoxy) is 1. The summed E-state index contributed by atoms with van der Waals surface area (Å²) in [5.41, 5.74) is 0.966. The molecule has 0 unspecified atom stereocenters. The standard InChI is InChI=1S/C17H17ClN2O5S/c1-3-20-14-9-13(18)16(10-15(14)25-17(20)21)26(22,23)19-11-5-7-12(8-6-11)24-4-2/h5-10,19H,3-4H2,1-2H3. The molecule has 0 bridgehead atoms. The smallest absolute Gasteiger partial charge is 0.419 e. The van der Waals surface area contributed by atoms with E-state index in [2.05, 4.69) is 4.72 Å². The second-order valence-electron chi connectivity index (χ2n) is 5.43. The molecule has 3 aromatic rings. The van der Waals surface area contributed by atoms with Crippen molar-refractivity contribution in [2.75, 3.05) is 11.3 Å². The van der Waals surface area contributed by atoms with Crippen LogP contribution in [0.25, 0.3) is 11.1 Å². The van der Waals surface area contributed by atoms with Crippen LogP contribution in [0.5, 0.6) is 5.75 Å². The number of halogens is 1. The van der Waals surface area contributed by atoms with Gasteiger partial charge in [0.15, 0.2) is 5.58 Å². The van der Waals surface area contributed by atoms with Gasteiger partial charge in [-0.3, -0.25) is 9.29 Å². The molecular formula is C17H17ClN2O5S. The third-order valence-electron chi connectivity index (χ3n) is 3.75. The van der Waals surface area contributed by atoms with Gasteiger partial charge in [-0.1, -0.05) is 11.6 Å². The van der Waals surface area contributed by atoms with Gasteiger partial charge in [-0.15, -0.1) is 0 Å². The fourth-order valence-corrected chi connectivity index (χ4v) is 4.16. The Morgan fingerprint density at radius 3 is 2.50 bits per heavy atom. The molecule has 1 aromatic heterocycles. The van der Waals surface area contributed by atoms with E-state index in [1.165, 1.54) is 16.7 Å². The molecule has 0 radical (unpaired) electrons. The molecule has 0 atom stereocenters. The molecule has 26 heavy (non-hydrogen) atoms. The summed E-state index contributed by atoms with van der Waals surface area (Å²) in [4.78, 5) is 11.6. The van der Waals surface area contributed by atoms with Gasteiger partial charge in [-0.2, -0.15) is 0 Å². The first-order valence-corrected chi connectivity index (χ1v) is 9.80. The van der Waals surface area contributed by atoms with Gasteiger partial charge in [0, 0.05) is 18.3 Å². The number of rotatable bonds is 6. The third kappa shape index (κ3) is 3.42. The molecule has 138 valence electrons. The second kappa shape index (κ2) is 7.05. The molecule has 0 spiro atoms. The number of nitrogens with one attached hydrogen (secondary N) is 1. The zero-order valence-corrected chi connectivity index (χ0v) is 15.7. The van der Waals surface area contributed by atoms with E-state index in [0.717, 1.165) is 0 Å². The monoisotopic (exact) mass is 396 g/mol. The summed E-state index contributed by atoms with van der Waals surface area (Å²) >= 11 is 6.16. The predicted molar refractivity (Wildman–Crippen MR) is 99.6 cm³/mol. The average molecular weight is 397 g/mol. The Balaban J connectivity index is 1.98. The van der Waals surface area contributed by atoms with Crippen LogP contribution in [0.2, 0.25) is 5.02 Å². The van der Waals surface area contributed by atoms with Crippen LogP contribution >= 0.6 is 11.6 Å². The number of aryl methyl sites for hydroxylation is 1. The summed E-state index contributed by atoms with van der Waals surface area (Å²) in [6.07, 6.45) is 0. The van der Waals surface area contributed by atoms with Crippen molar-refractivity contribution in [2.24, 2.45) is 0 Å². The SMILES string of the molecule is CCOc1ccc(NS(=O)(=O)c2cc3oc(=O)n(CC)c3cc2Cl)cc1. The van der Waals surface area contributed by atoms with E-state index in [9.17, 15) is 13.2 Å². The van der Waals surface area contributed by atoms with E-state index >= 15 is 0 Å². The van der Waals surface area contributed by atoms with Crippen molar-refractivity contribution < 1.29 is 17.6 Å². The molecule has 1 N–H and O–H groups in total.